The zero-order chi connectivity index (χ0) is 10.9. The largest absolute Gasteiger partial charge is 0.352 e. The number of amides is 1. The van der Waals surface area contributed by atoms with Crippen LogP contribution in [0.2, 0.25) is 0 Å². The van der Waals surface area contributed by atoms with E-state index in [-0.39, 0.29) is 18.2 Å². The Balaban J connectivity index is 1.88. The van der Waals surface area contributed by atoms with Gasteiger partial charge in [-0.3, -0.25) is 4.79 Å². The van der Waals surface area contributed by atoms with Crippen molar-refractivity contribution >= 4 is 15.9 Å². The summed E-state index contributed by atoms with van der Waals surface area (Å²) in [4.78, 5) is 11.4. The van der Waals surface area contributed by atoms with Gasteiger partial charge in [-0.05, 0) is 25.7 Å². The van der Waals surface area contributed by atoms with E-state index < -0.39 is 10.0 Å². The lowest BCUT2D eigenvalue weighted by Crippen LogP contribution is -2.44. The summed E-state index contributed by atoms with van der Waals surface area (Å²) in [6.45, 7) is 0.485. The summed E-state index contributed by atoms with van der Waals surface area (Å²) in [5, 5.41) is 2.79. The second kappa shape index (κ2) is 4.09. The van der Waals surface area contributed by atoms with Gasteiger partial charge >= 0.3 is 0 Å². The van der Waals surface area contributed by atoms with Crippen molar-refractivity contribution in [2.45, 2.75) is 31.7 Å². The van der Waals surface area contributed by atoms with E-state index in [1.54, 1.807) is 0 Å². The molecule has 1 heterocycles. The minimum absolute atomic E-state index is 0.00116. The second-order valence-electron chi connectivity index (χ2n) is 4.20. The molecule has 6 heteroatoms. The third-order valence-corrected chi connectivity index (χ3v) is 4.62. The van der Waals surface area contributed by atoms with Crippen LogP contribution in [0.15, 0.2) is 0 Å². The molecular formula is C9H16N2O3S. The quantitative estimate of drug-likeness (QED) is 0.726. The number of hydrogen-bond acceptors (Lipinski definition) is 3. The summed E-state index contributed by atoms with van der Waals surface area (Å²) >= 11 is 0. The molecule has 1 aliphatic carbocycles. The summed E-state index contributed by atoms with van der Waals surface area (Å²) in [6, 6.07) is 0.296. The molecule has 0 bridgehead atoms. The van der Waals surface area contributed by atoms with E-state index in [2.05, 4.69) is 5.32 Å². The molecule has 0 radical (unpaired) electrons. The maximum atomic E-state index is 11.6. The number of carbonyl (C=O) groups is 1. The van der Waals surface area contributed by atoms with E-state index in [0.717, 1.165) is 19.3 Å². The van der Waals surface area contributed by atoms with Crippen LogP contribution < -0.4 is 5.32 Å². The fourth-order valence-electron chi connectivity index (χ4n) is 1.68. The predicted molar refractivity (Wildman–Crippen MR) is 55.8 cm³/mol. The summed E-state index contributed by atoms with van der Waals surface area (Å²) in [5.41, 5.74) is 0. The van der Waals surface area contributed by atoms with E-state index in [1.165, 1.54) is 4.31 Å². The van der Waals surface area contributed by atoms with Gasteiger partial charge < -0.3 is 5.32 Å². The molecule has 2 aliphatic rings. The molecule has 1 amide bonds. The highest BCUT2D eigenvalue weighted by atomic mass is 32.2. The van der Waals surface area contributed by atoms with E-state index in [9.17, 15) is 13.2 Å². The van der Waals surface area contributed by atoms with Crippen LogP contribution in [0.25, 0.3) is 0 Å². The SMILES string of the molecule is O=C(CN1CCCCS1(=O)=O)NC1CC1. The number of nitrogens with one attached hydrogen (secondary N) is 1. The summed E-state index contributed by atoms with van der Waals surface area (Å²) in [7, 11) is -3.16. The van der Waals surface area contributed by atoms with Crippen LogP contribution in [0.1, 0.15) is 25.7 Å². The van der Waals surface area contributed by atoms with Crippen molar-refractivity contribution in [1.29, 1.82) is 0 Å². The molecular weight excluding hydrogens is 216 g/mol. The Morgan fingerprint density at radius 1 is 1.33 bits per heavy atom. The molecule has 1 N–H and O–H groups in total. The van der Waals surface area contributed by atoms with Crippen molar-refractivity contribution in [2.24, 2.45) is 0 Å². The highest BCUT2D eigenvalue weighted by Gasteiger charge is 2.29. The van der Waals surface area contributed by atoms with Crippen LogP contribution in [0, 0.1) is 0 Å². The van der Waals surface area contributed by atoms with Crippen LogP contribution in [-0.4, -0.2) is 43.5 Å². The fraction of sp³-hybridized carbons (Fsp3) is 0.889. The zero-order valence-electron chi connectivity index (χ0n) is 8.61. The first-order chi connectivity index (χ1) is 7.08. The summed E-state index contributed by atoms with van der Waals surface area (Å²) in [5.74, 6) is 0.0203. The molecule has 0 aromatic rings. The maximum Gasteiger partial charge on any atom is 0.235 e. The van der Waals surface area contributed by atoms with Gasteiger partial charge in [0.25, 0.3) is 0 Å². The lowest BCUT2D eigenvalue weighted by Gasteiger charge is -2.25. The molecule has 0 spiro atoms. The van der Waals surface area contributed by atoms with Crippen molar-refractivity contribution in [1.82, 2.24) is 9.62 Å². The van der Waals surface area contributed by atoms with E-state index in [0.29, 0.717) is 19.0 Å². The first-order valence-electron chi connectivity index (χ1n) is 5.35. The van der Waals surface area contributed by atoms with Gasteiger partial charge in [-0.15, -0.1) is 0 Å². The summed E-state index contributed by atoms with van der Waals surface area (Å²) in [6.07, 6.45) is 3.62. The Labute approximate surface area is 89.9 Å². The third-order valence-electron chi connectivity index (χ3n) is 2.72. The predicted octanol–water partition coefficient (Wildman–Crippen LogP) is -0.309. The van der Waals surface area contributed by atoms with Crippen molar-refractivity contribution < 1.29 is 13.2 Å². The normalized spacial score (nSPS) is 26.1. The average Bonchev–Trinajstić information content (AvgIpc) is 2.92. The second-order valence-corrected chi connectivity index (χ2v) is 6.29. The molecule has 2 fully saturated rings. The van der Waals surface area contributed by atoms with Crippen molar-refractivity contribution in [3.8, 4) is 0 Å². The van der Waals surface area contributed by atoms with Gasteiger partial charge in [-0.2, -0.15) is 4.31 Å². The Hall–Kier alpha value is -0.620. The van der Waals surface area contributed by atoms with Crippen LogP contribution in [0.3, 0.4) is 0 Å². The first kappa shape index (κ1) is 10.9. The lowest BCUT2D eigenvalue weighted by atomic mass is 10.3. The zero-order valence-corrected chi connectivity index (χ0v) is 9.42. The molecule has 15 heavy (non-hydrogen) atoms. The van der Waals surface area contributed by atoms with Gasteiger partial charge in [0, 0.05) is 12.6 Å². The standard InChI is InChI=1S/C9H16N2O3S/c12-9(10-8-3-4-8)7-11-5-1-2-6-15(11,13)14/h8H,1-7H2,(H,10,12). The minimum atomic E-state index is -3.16. The fourth-order valence-corrected chi connectivity index (χ4v) is 3.23. The van der Waals surface area contributed by atoms with Gasteiger partial charge in [-0.1, -0.05) is 0 Å². The molecule has 0 aromatic heterocycles. The smallest absolute Gasteiger partial charge is 0.235 e. The number of sulfonamides is 1. The Morgan fingerprint density at radius 2 is 2.07 bits per heavy atom. The van der Waals surface area contributed by atoms with Crippen LogP contribution >= 0.6 is 0 Å². The molecule has 1 aliphatic heterocycles. The molecule has 0 aromatic carbocycles. The van der Waals surface area contributed by atoms with Crippen molar-refractivity contribution in [3.63, 3.8) is 0 Å². The van der Waals surface area contributed by atoms with Gasteiger partial charge in [0.15, 0.2) is 0 Å². The van der Waals surface area contributed by atoms with Crippen LogP contribution in [-0.2, 0) is 14.8 Å². The van der Waals surface area contributed by atoms with E-state index in [1.807, 2.05) is 0 Å². The molecule has 0 atom stereocenters. The molecule has 0 unspecified atom stereocenters. The third kappa shape index (κ3) is 2.92. The van der Waals surface area contributed by atoms with Crippen molar-refractivity contribution in [3.05, 3.63) is 0 Å². The molecule has 1 saturated carbocycles. The van der Waals surface area contributed by atoms with Crippen molar-refractivity contribution in [2.75, 3.05) is 18.8 Å². The van der Waals surface area contributed by atoms with Gasteiger partial charge in [0.05, 0.1) is 12.3 Å². The van der Waals surface area contributed by atoms with Gasteiger partial charge in [0.1, 0.15) is 0 Å². The highest BCUT2D eigenvalue weighted by Crippen LogP contribution is 2.19. The van der Waals surface area contributed by atoms with E-state index >= 15 is 0 Å². The Bertz CT molecular complexity index is 348. The monoisotopic (exact) mass is 232 g/mol. The lowest BCUT2D eigenvalue weighted by molar-refractivity contribution is -0.121. The molecule has 1 saturated heterocycles. The minimum Gasteiger partial charge on any atom is -0.352 e. The Kier molecular flexibility index (Phi) is 2.97. The van der Waals surface area contributed by atoms with Crippen LogP contribution in [0.4, 0.5) is 0 Å². The molecule has 86 valence electrons. The van der Waals surface area contributed by atoms with Gasteiger partial charge in [0.2, 0.25) is 15.9 Å². The number of hydrogen-bond donors (Lipinski definition) is 1. The molecule has 5 nitrogen and oxygen atoms in total. The van der Waals surface area contributed by atoms with E-state index in [4.69, 9.17) is 0 Å². The number of rotatable bonds is 3. The van der Waals surface area contributed by atoms with Crippen LogP contribution in [0.5, 0.6) is 0 Å². The highest BCUT2D eigenvalue weighted by molar-refractivity contribution is 7.89. The number of carbonyl (C=O) groups excluding carboxylic acids is 1. The topological polar surface area (TPSA) is 66.5 Å². The number of nitrogens with zero attached hydrogens (tertiary/aromatic N) is 1. The first-order valence-corrected chi connectivity index (χ1v) is 6.96. The Morgan fingerprint density at radius 3 is 2.67 bits per heavy atom. The molecule has 2 rings (SSSR count). The average molecular weight is 232 g/mol. The maximum absolute atomic E-state index is 11.6. The van der Waals surface area contributed by atoms with Gasteiger partial charge in [-0.25, -0.2) is 8.42 Å². The summed E-state index contributed by atoms with van der Waals surface area (Å²) < 4.78 is 24.4.